The summed E-state index contributed by atoms with van der Waals surface area (Å²) in [5.41, 5.74) is 6.46. The van der Waals surface area contributed by atoms with Crippen LogP contribution in [-0.2, 0) is 15.1 Å². The highest BCUT2D eigenvalue weighted by molar-refractivity contribution is 5.90. The van der Waals surface area contributed by atoms with Gasteiger partial charge in [0, 0.05) is 12.3 Å². The minimum absolute atomic E-state index is 0.160. The maximum Gasteiger partial charge on any atom is 0.225 e. The molecule has 5 heteroatoms. The molecule has 0 spiro atoms. The lowest BCUT2D eigenvalue weighted by Crippen LogP contribution is -2.43. The molecule has 0 bridgehead atoms. The van der Waals surface area contributed by atoms with Gasteiger partial charge in [0.2, 0.25) is 11.8 Å². The molecule has 1 fully saturated rings. The summed E-state index contributed by atoms with van der Waals surface area (Å²) >= 11 is 0. The van der Waals surface area contributed by atoms with Gasteiger partial charge in [0.1, 0.15) is 5.82 Å². The smallest absolute Gasteiger partial charge is 0.225 e. The molecule has 0 radical (unpaired) electrons. The van der Waals surface area contributed by atoms with Gasteiger partial charge in [-0.2, -0.15) is 0 Å². The van der Waals surface area contributed by atoms with Crippen LogP contribution in [0.1, 0.15) is 29.0 Å². The van der Waals surface area contributed by atoms with Crippen LogP contribution in [0, 0.1) is 11.7 Å². The van der Waals surface area contributed by atoms with Crippen LogP contribution in [0.3, 0.4) is 0 Å². The molecular formula is C24H21FN2O2. The summed E-state index contributed by atoms with van der Waals surface area (Å²) in [5, 5.41) is 3.12. The van der Waals surface area contributed by atoms with Crippen molar-refractivity contribution in [2.24, 2.45) is 11.7 Å². The standard InChI is InChI=1S/C24H21FN2O2/c25-20-14-8-7-13-18(20)22-19(15-21(26)28)23(29)27-24(22,16-9-3-1-4-10-16)17-11-5-2-6-12-17/h1-14,19,22H,15H2,(H2,26,28)(H,27,29)/t19-,22?/m0/s1. The Morgan fingerprint density at radius 1 is 0.897 bits per heavy atom. The number of rotatable bonds is 5. The van der Waals surface area contributed by atoms with Crippen molar-refractivity contribution >= 4 is 11.8 Å². The Bertz CT molecular complexity index is 998. The lowest BCUT2D eigenvalue weighted by atomic mass is 9.67. The molecular weight excluding hydrogens is 367 g/mol. The van der Waals surface area contributed by atoms with Gasteiger partial charge < -0.3 is 11.1 Å². The molecule has 4 nitrogen and oxygen atoms in total. The molecule has 1 heterocycles. The van der Waals surface area contributed by atoms with Crippen molar-refractivity contribution in [3.63, 3.8) is 0 Å². The van der Waals surface area contributed by atoms with E-state index in [1.54, 1.807) is 18.2 Å². The van der Waals surface area contributed by atoms with E-state index in [9.17, 15) is 14.0 Å². The number of carbonyl (C=O) groups is 2. The van der Waals surface area contributed by atoms with E-state index in [4.69, 9.17) is 5.73 Å². The second-order valence-electron chi connectivity index (χ2n) is 7.31. The van der Waals surface area contributed by atoms with E-state index in [-0.39, 0.29) is 12.3 Å². The number of benzene rings is 3. The fraction of sp³-hybridized carbons (Fsp3) is 0.167. The SMILES string of the molecule is NC(=O)C[C@@H]1C(=O)NC(c2ccccc2)(c2ccccc2)C1c1ccccc1F. The second kappa shape index (κ2) is 7.51. The van der Waals surface area contributed by atoms with Crippen LogP contribution in [0.5, 0.6) is 0 Å². The quantitative estimate of drug-likeness (QED) is 0.702. The molecule has 1 aliphatic heterocycles. The van der Waals surface area contributed by atoms with Gasteiger partial charge in [0.25, 0.3) is 0 Å². The average Bonchev–Trinajstić information content (AvgIpc) is 3.02. The Balaban J connectivity index is 2.03. The molecule has 3 aromatic carbocycles. The maximum atomic E-state index is 15.0. The Kier molecular flexibility index (Phi) is 4.89. The number of carbonyl (C=O) groups excluding carboxylic acids is 2. The molecule has 0 saturated carbocycles. The summed E-state index contributed by atoms with van der Waals surface area (Å²) in [7, 11) is 0. The van der Waals surface area contributed by atoms with E-state index in [0.717, 1.165) is 11.1 Å². The van der Waals surface area contributed by atoms with Crippen LogP contribution in [0.25, 0.3) is 0 Å². The Labute approximate surface area is 168 Å². The van der Waals surface area contributed by atoms with E-state index in [1.165, 1.54) is 6.07 Å². The molecule has 0 aromatic heterocycles. The number of primary amides is 1. The van der Waals surface area contributed by atoms with E-state index >= 15 is 0 Å². The van der Waals surface area contributed by atoms with Crippen LogP contribution >= 0.6 is 0 Å². The monoisotopic (exact) mass is 388 g/mol. The Morgan fingerprint density at radius 3 is 1.93 bits per heavy atom. The van der Waals surface area contributed by atoms with Gasteiger partial charge in [-0.25, -0.2) is 4.39 Å². The zero-order valence-electron chi connectivity index (χ0n) is 15.7. The largest absolute Gasteiger partial charge is 0.370 e. The first-order chi connectivity index (χ1) is 14.0. The number of hydrogen-bond donors (Lipinski definition) is 2. The zero-order chi connectivity index (χ0) is 20.4. The third-order valence-corrected chi connectivity index (χ3v) is 5.65. The van der Waals surface area contributed by atoms with Crippen molar-refractivity contribution in [1.82, 2.24) is 5.32 Å². The van der Waals surface area contributed by atoms with Gasteiger partial charge in [-0.15, -0.1) is 0 Å². The fourth-order valence-corrected chi connectivity index (χ4v) is 4.49. The molecule has 2 amide bonds. The fourth-order valence-electron chi connectivity index (χ4n) is 4.49. The van der Waals surface area contributed by atoms with Crippen molar-refractivity contribution < 1.29 is 14.0 Å². The number of nitrogens with one attached hydrogen (secondary N) is 1. The minimum Gasteiger partial charge on any atom is -0.370 e. The molecule has 1 saturated heterocycles. The van der Waals surface area contributed by atoms with Gasteiger partial charge in [-0.05, 0) is 22.8 Å². The molecule has 29 heavy (non-hydrogen) atoms. The molecule has 4 rings (SSSR count). The van der Waals surface area contributed by atoms with Crippen molar-refractivity contribution in [3.8, 4) is 0 Å². The number of amides is 2. The van der Waals surface area contributed by atoms with Crippen LogP contribution < -0.4 is 11.1 Å². The molecule has 3 aromatic rings. The normalized spacial score (nSPS) is 20.2. The topological polar surface area (TPSA) is 72.2 Å². The van der Waals surface area contributed by atoms with Crippen LogP contribution in [0.4, 0.5) is 4.39 Å². The summed E-state index contributed by atoms with van der Waals surface area (Å²) in [5.74, 6) is -2.76. The Morgan fingerprint density at radius 2 is 1.41 bits per heavy atom. The van der Waals surface area contributed by atoms with E-state index < -0.39 is 29.1 Å². The predicted octanol–water partition coefficient (Wildman–Crippen LogP) is 3.47. The molecule has 1 aliphatic rings. The third-order valence-electron chi connectivity index (χ3n) is 5.65. The highest BCUT2D eigenvalue weighted by Crippen LogP contribution is 2.52. The van der Waals surface area contributed by atoms with E-state index in [0.29, 0.717) is 5.56 Å². The first kappa shape index (κ1) is 18.9. The highest BCUT2D eigenvalue weighted by atomic mass is 19.1. The van der Waals surface area contributed by atoms with Crippen molar-refractivity contribution in [2.45, 2.75) is 17.9 Å². The van der Waals surface area contributed by atoms with Crippen molar-refractivity contribution in [1.29, 1.82) is 0 Å². The number of nitrogens with two attached hydrogens (primary N) is 1. The van der Waals surface area contributed by atoms with Gasteiger partial charge in [0.15, 0.2) is 0 Å². The van der Waals surface area contributed by atoms with Gasteiger partial charge >= 0.3 is 0 Å². The van der Waals surface area contributed by atoms with E-state index in [1.807, 2.05) is 60.7 Å². The predicted molar refractivity (Wildman–Crippen MR) is 108 cm³/mol. The second-order valence-corrected chi connectivity index (χ2v) is 7.31. The van der Waals surface area contributed by atoms with E-state index in [2.05, 4.69) is 5.32 Å². The summed E-state index contributed by atoms with van der Waals surface area (Å²) in [6, 6.07) is 25.3. The molecule has 0 aliphatic carbocycles. The van der Waals surface area contributed by atoms with Crippen molar-refractivity contribution in [3.05, 3.63) is 107 Å². The van der Waals surface area contributed by atoms with Gasteiger partial charge in [-0.3, -0.25) is 9.59 Å². The lowest BCUT2D eigenvalue weighted by molar-refractivity contribution is -0.127. The average molecular weight is 388 g/mol. The van der Waals surface area contributed by atoms with Crippen LogP contribution in [0.2, 0.25) is 0 Å². The Hall–Kier alpha value is -3.47. The summed E-state index contributed by atoms with van der Waals surface area (Å²) in [4.78, 5) is 24.9. The molecule has 2 atom stereocenters. The zero-order valence-corrected chi connectivity index (χ0v) is 15.7. The maximum absolute atomic E-state index is 15.0. The van der Waals surface area contributed by atoms with Crippen LogP contribution in [-0.4, -0.2) is 11.8 Å². The lowest BCUT2D eigenvalue weighted by Gasteiger charge is -2.38. The molecule has 3 N–H and O–H groups in total. The first-order valence-electron chi connectivity index (χ1n) is 9.50. The van der Waals surface area contributed by atoms with Crippen molar-refractivity contribution in [2.75, 3.05) is 0 Å². The van der Waals surface area contributed by atoms with Gasteiger partial charge in [-0.1, -0.05) is 78.9 Å². The summed E-state index contributed by atoms with van der Waals surface area (Å²) < 4.78 is 15.0. The summed E-state index contributed by atoms with van der Waals surface area (Å²) in [6.07, 6.45) is -0.160. The summed E-state index contributed by atoms with van der Waals surface area (Å²) in [6.45, 7) is 0. The van der Waals surface area contributed by atoms with Crippen LogP contribution in [0.15, 0.2) is 84.9 Å². The third kappa shape index (κ3) is 3.18. The molecule has 1 unspecified atom stereocenters. The van der Waals surface area contributed by atoms with Gasteiger partial charge in [0.05, 0.1) is 11.5 Å². The first-order valence-corrected chi connectivity index (χ1v) is 9.50. The molecule has 146 valence electrons. The highest BCUT2D eigenvalue weighted by Gasteiger charge is 2.56. The number of halogens is 1. The number of hydrogen-bond acceptors (Lipinski definition) is 2. The minimum atomic E-state index is -1.03.